The van der Waals surface area contributed by atoms with Gasteiger partial charge < -0.3 is 16.4 Å². The van der Waals surface area contributed by atoms with Gasteiger partial charge in [-0.05, 0) is 31.3 Å². The largest absolute Gasteiger partial charge is 0.366 e. The number of hydrogen-bond acceptors (Lipinski definition) is 3. The SMILES string of the molecule is CNCC(=O)Nc1ccc(C(N)=O)cc1. The van der Waals surface area contributed by atoms with Gasteiger partial charge in [0.2, 0.25) is 11.8 Å². The molecule has 0 radical (unpaired) electrons. The van der Waals surface area contributed by atoms with Crippen molar-refractivity contribution in [3.63, 3.8) is 0 Å². The van der Waals surface area contributed by atoms with E-state index in [1.54, 1.807) is 31.3 Å². The average molecular weight is 207 g/mol. The van der Waals surface area contributed by atoms with Crippen LogP contribution in [0.1, 0.15) is 10.4 Å². The fourth-order valence-electron chi connectivity index (χ4n) is 1.08. The first-order valence-electron chi connectivity index (χ1n) is 4.48. The van der Waals surface area contributed by atoms with Gasteiger partial charge in [-0.15, -0.1) is 0 Å². The molecule has 80 valence electrons. The van der Waals surface area contributed by atoms with Gasteiger partial charge in [-0.25, -0.2) is 0 Å². The van der Waals surface area contributed by atoms with Crippen LogP contribution in [0.5, 0.6) is 0 Å². The van der Waals surface area contributed by atoms with Crippen molar-refractivity contribution in [2.75, 3.05) is 18.9 Å². The molecule has 0 aliphatic carbocycles. The van der Waals surface area contributed by atoms with Gasteiger partial charge in [0.25, 0.3) is 0 Å². The molecular weight excluding hydrogens is 194 g/mol. The summed E-state index contributed by atoms with van der Waals surface area (Å²) in [4.78, 5) is 21.9. The highest BCUT2D eigenvalue weighted by Crippen LogP contribution is 2.08. The van der Waals surface area contributed by atoms with Crippen LogP contribution in [-0.4, -0.2) is 25.4 Å². The van der Waals surface area contributed by atoms with Crippen LogP contribution >= 0.6 is 0 Å². The molecule has 0 atom stereocenters. The molecule has 1 aromatic carbocycles. The van der Waals surface area contributed by atoms with Crippen molar-refractivity contribution in [2.24, 2.45) is 5.73 Å². The lowest BCUT2D eigenvalue weighted by Crippen LogP contribution is -2.25. The second kappa shape index (κ2) is 5.11. The van der Waals surface area contributed by atoms with Crippen molar-refractivity contribution in [3.8, 4) is 0 Å². The van der Waals surface area contributed by atoms with Crippen molar-refractivity contribution < 1.29 is 9.59 Å². The number of amides is 2. The summed E-state index contributed by atoms with van der Waals surface area (Å²) >= 11 is 0. The van der Waals surface area contributed by atoms with Crippen LogP contribution in [0.25, 0.3) is 0 Å². The van der Waals surface area contributed by atoms with E-state index in [1.165, 1.54) is 0 Å². The highest BCUT2D eigenvalue weighted by Gasteiger charge is 2.02. The molecular formula is C10H13N3O2. The molecule has 0 spiro atoms. The predicted molar refractivity (Wildman–Crippen MR) is 57.5 cm³/mol. The quantitative estimate of drug-likeness (QED) is 0.646. The second-order valence-corrected chi connectivity index (χ2v) is 3.02. The van der Waals surface area contributed by atoms with Gasteiger partial charge in [0.1, 0.15) is 0 Å². The third-order valence-electron chi connectivity index (χ3n) is 1.79. The van der Waals surface area contributed by atoms with Crippen molar-refractivity contribution in [1.29, 1.82) is 0 Å². The average Bonchev–Trinajstić information content (AvgIpc) is 2.18. The Kier molecular flexibility index (Phi) is 3.82. The van der Waals surface area contributed by atoms with Gasteiger partial charge in [0.05, 0.1) is 6.54 Å². The maximum atomic E-state index is 11.2. The Morgan fingerprint density at radius 2 is 1.87 bits per heavy atom. The van der Waals surface area contributed by atoms with E-state index in [9.17, 15) is 9.59 Å². The number of primary amides is 1. The first-order chi connectivity index (χ1) is 7.13. The number of rotatable bonds is 4. The second-order valence-electron chi connectivity index (χ2n) is 3.02. The van der Waals surface area contributed by atoms with Gasteiger partial charge in [-0.1, -0.05) is 0 Å². The Hall–Kier alpha value is -1.88. The number of anilines is 1. The molecule has 0 saturated carbocycles. The highest BCUT2D eigenvalue weighted by atomic mass is 16.2. The van der Waals surface area contributed by atoms with E-state index < -0.39 is 5.91 Å². The minimum atomic E-state index is -0.483. The summed E-state index contributed by atoms with van der Waals surface area (Å²) in [7, 11) is 1.69. The van der Waals surface area contributed by atoms with E-state index in [0.717, 1.165) is 0 Å². The third kappa shape index (κ3) is 3.40. The van der Waals surface area contributed by atoms with Crippen LogP contribution in [0.4, 0.5) is 5.69 Å². The first kappa shape index (κ1) is 11.2. The Bertz CT molecular complexity index is 359. The number of nitrogens with two attached hydrogens (primary N) is 1. The highest BCUT2D eigenvalue weighted by molar-refractivity contribution is 5.95. The smallest absolute Gasteiger partial charge is 0.248 e. The molecule has 15 heavy (non-hydrogen) atoms. The van der Waals surface area contributed by atoms with Gasteiger partial charge in [-0.2, -0.15) is 0 Å². The standard InChI is InChI=1S/C10H13N3O2/c1-12-6-9(14)13-8-4-2-7(3-5-8)10(11)15/h2-5,12H,6H2,1H3,(H2,11,15)(H,13,14). The number of hydrogen-bond donors (Lipinski definition) is 3. The van der Waals surface area contributed by atoms with Crippen LogP contribution in [-0.2, 0) is 4.79 Å². The summed E-state index contributed by atoms with van der Waals surface area (Å²) in [5.74, 6) is -0.618. The number of likely N-dealkylation sites (N-methyl/N-ethyl adjacent to an activating group) is 1. The zero-order valence-corrected chi connectivity index (χ0v) is 8.41. The first-order valence-corrected chi connectivity index (χ1v) is 4.48. The molecule has 0 heterocycles. The lowest BCUT2D eigenvalue weighted by Gasteiger charge is -2.04. The van der Waals surface area contributed by atoms with Gasteiger partial charge >= 0.3 is 0 Å². The maximum absolute atomic E-state index is 11.2. The number of carbonyl (C=O) groups is 2. The minimum absolute atomic E-state index is 0.135. The monoisotopic (exact) mass is 207 g/mol. The molecule has 0 aliphatic heterocycles. The predicted octanol–water partition coefficient (Wildman–Crippen LogP) is -0.0566. The molecule has 0 bridgehead atoms. The Balaban J connectivity index is 2.64. The number of carbonyl (C=O) groups excluding carboxylic acids is 2. The summed E-state index contributed by atoms with van der Waals surface area (Å²) < 4.78 is 0. The van der Waals surface area contributed by atoms with Crippen molar-refractivity contribution in [1.82, 2.24) is 5.32 Å². The van der Waals surface area contributed by atoms with Gasteiger partial charge in [0, 0.05) is 11.3 Å². The van der Waals surface area contributed by atoms with Crippen LogP contribution < -0.4 is 16.4 Å². The van der Waals surface area contributed by atoms with Crippen LogP contribution in [0.2, 0.25) is 0 Å². The molecule has 0 aliphatic rings. The van der Waals surface area contributed by atoms with Crippen molar-refractivity contribution in [2.45, 2.75) is 0 Å². The van der Waals surface area contributed by atoms with E-state index in [4.69, 9.17) is 5.73 Å². The van der Waals surface area contributed by atoms with Crippen molar-refractivity contribution in [3.05, 3.63) is 29.8 Å². The number of nitrogens with one attached hydrogen (secondary N) is 2. The van der Waals surface area contributed by atoms with Crippen LogP contribution in [0.3, 0.4) is 0 Å². The van der Waals surface area contributed by atoms with E-state index in [-0.39, 0.29) is 12.5 Å². The molecule has 0 aromatic heterocycles. The zero-order chi connectivity index (χ0) is 11.3. The van der Waals surface area contributed by atoms with Crippen LogP contribution in [0, 0.1) is 0 Å². The van der Waals surface area contributed by atoms with E-state index >= 15 is 0 Å². The van der Waals surface area contributed by atoms with Crippen molar-refractivity contribution >= 4 is 17.5 Å². The molecule has 5 nitrogen and oxygen atoms in total. The summed E-state index contributed by atoms with van der Waals surface area (Å²) in [6, 6.07) is 6.40. The molecule has 5 heteroatoms. The summed E-state index contributed by atoms with van der Waals surface area (Å²) in [6.07, 6.45) is 0. The molecule has 0 fully saturated rings. The normalized spacial score (nSPS) is 9.67. The molecule has 4 N–H and O–H groups in total. The van der Waals surface area contributed by atoms with Gasteiger partial charge in [-0.3, -0.25) is 9.59 Å². The summed E-state index contributed by atoms with van der Waals surface area (Å²) in [5.41, 5.74) is 6.13. The topological polar surface area (TPSA) is 84.2 Å². The van der Waals surface area contributed by atoms with E-state index in [0.29, 0.717) is 11.3 Å². The maximum Gasteiger partial charge on any atom is 0.248 e. The lowest BCUT2D eigenvalue weighted by atomic mass is 10.2. The molecule has 2 amide bonds. The Morgan fingerprint density at radius 1 is 1.27 bits per heavy atom. The fraction of sp³-hybridized carbons (Fsp3) is 0.200. The Labute approximate surface area is 87.7 Å². The minimum Gasteiger partial charge on any atom is -0.366 e. The fourth-order valence-corrected chi connectivity index (χ4v) is 1.08. The molecule has 1 aromatic rings. The molecule has 1 rings (SSSR count). The van der Waals surface area contributed by atoms with Crippen LogP contribution in [0.15, 0.2) is 24.3 Å². The van der Waals surface area contributed by atoms with E-state index in [2.05, 4.69) is 10.6 Å². The Morgan fingerprint density at radius 3 is 2.33 bits per heavy atom. The summed E-state index contributed by atoms with van der Waals surface area (Å²) in [6.45, 7) is 0.248. The zero-order valence-electron chi connectivity index (χ0n) is 8.41. The van der Waals surface area contributed by atoms with E-state index in [1.807, 2.05) is 0 Å². The lowest BCUT2D eigenvalue weighted by molar-refractivity contribution is -0.115. The summed E-state index contributed by atoms with van der Waals surface area (Å²) in [5, 5.41) is 5.39. The third-order valence-corrected chi connectivity index (χ3v) is 1.79. The molecule has 0 unspecified atom stereocenters. The number of benzene rings is 1. The molecule has 0 saturated heterocycles. The van der Waals surface area contributed by atoms with Gasteiger partial charge in [0.15, 0.2) is 0 Å².